The maximum Gasteiger partial charge on any atom is 0.332 e. The van der Waals surface area contributed by atoms with E-state index in [2.05, 4.69) is 10.3 Å². The molecule has 0 unspecified atom stereocenters. The van der Waals surface area contributed by atoms with E-state index in [1.165, 1.54) is 40.9 Å². The number of hydrogen-bond donors (Lipinski definition) is 2. The Morgan fingerprint density at radius 3 is 2.66 bits per heavy atom. The number of fused-ring (bicyclic) bond motifs is 2. The van der Waals surface area contributed by atoms with Crippen molar-refractivity contribution in [3.63, 3.8) is 0 Å². The maximum absolute atomic E-state index is 12.7. The third kappa shape index (κ3) is 3.07. The summed E-state index contributed by atoms with van der Waals surface area (Å²) >= 11 is 1.38. The van der Waals surface area contributed by atoms with E-state index in [9.17, 15) is 19.2 Å². The van der Waals surface area contributed by atoms with Gasteiger partial charge in [-0.25, -0.2) is 9.78 Å². The number of nitrogens with zero attached hydrogens (tertiary/aromatic N) is 4. The molecule has 4 rings (SSSR count). The molecular weight excluding hydrogens is 396 g/mol. The van der Waals surface area contributed by atoms with Crippen molar-refractivity contribution in [2.75, 3.05) is 5.32 Å². The average Bonchev–Trinajstić information content (AvgIpc) is 3.25. The minimum absolute atomic E-state index is 0.158. The highest BCUT2D eigenvalue weighted by molar-refractivity contribution is 7.17. The van der Waals surface area contributed by atoms with Crippen molar-refractivity contribution < 1.29 is 9.59 Å². The van der Waals surface area contributed by atoms with Crippen molar-refractivity contribution in [3.05, 3.63) is 43.2 Å². The number of aromatic nitrogens is 4. The number of primary amides is 1. The Labute approximate surface area is 168 Å². The third-order valence-corrected chi connectivity index (χ3v) is 6.41. The minimum atomic E-state index is -0.559. The lowest BCUT2D eigenvalue weighted by Gasteiger charge is -2.11. The molecule has 0 fully saturated rings. The van der Waals surface area contributed by atoms with E-state index < -0.39 is 23.1 Å². The highest BCUT2D eigenvalue weighted by atomic mass is 32.1. The van der Waals surface area contributed by atoms with Gasteiger partial charge in [0.15, 0.2) is 11.2 Å². The zero-order chi connectivity index (χ0) is 20.9. The van der Waals surface area contributed by atoms with Crippen LogP contribution in [-0.2, 0) is 38.3 Å². The molecule has 1 aliphatic carbocycles. The Balaban J connectivity index is 1.67. The molecule has 3 aromatic rings. The van der Waals surface area contributed by atoms with Crippen LogP contribution in [0.25, 0.3) is 11.2 Å². The normalized spacial score (nSPS) is 13.4. The molecule has 10 nitrogen and oxygen atoms in total. The number of anilines is 1. The van der Waals surface area contributed by atoms with Crippen LogP contribution >= 0.6 is 11.3 Å². The number of amides is 2. The van der Waals surface area contributed by atoms with E-state index in [1.807, 2.05) is 0 Å². The van der Waals surface area contributed by atoms with E-state index in [-0.39, 0.29) is 17.7 Å². The van der Waals surface area contributed by atoms with Crippen molar-refractivity contribution in [2.24, 2.45) is 19.8 Å². The average molecular weight is 416 g/mol. The molecule has 29 heavy (non-hydrogen) atoms. The SMILES string of the molecule is Cn1c(=O)c2c(ncn2CC(=O)Nc2sc3c(c2C(N)=O)CCCC3)n(C)c1=O. The number of carbonyl (C=O) groups is 2. The van der Waals surface area contributed by atoms with E-state index in [0.29, 0.717) is 10.6 Å². The van der Waals surface area contributed by atoms with Crippen LogP contribution in [0.15, 0.2) is 15.9 Å². The first-order chi connectivity index (χ1) is 13.8. The van der Waals surface area contributed by atoms with Crippen molar-refractivity contribution in [1.29, 1.82) is 0 Å². The summed E-state index contributed by atoms with van der Waals surface area (Å²) < 4.78 is 3.62. The fourth-order valence-electron chi connectivity index (χ4n) is 3.75. The van der Waals surface area contributed by atoms with Gasteiger partial charge in [0.25, 0.3) is 11.5 Å². The monoisotopic (exact) mass is 416 g/mol. The van der Waals surface area contributed by atoms with Crippen LogP contribution in [0.4, 0.5) is 5.00 Å². The summed E-state index contributed by atoms with van der Waals surface area (Å²) in [5, 5.41) is 3.21. The lowest BCUT2D eigenvalue weighted by molar-refractivity contribution is -0.116. The molecule has 152 valence electrons. The summed E-state index contributed by atoms with van der Waals surface area (Å²) in [6, 6.07) is 0. The van der Waals surface area contributed by atoms with Crippen LogP contribution in [-0.4, -0.2) is 30.5 Å². The summed E-state index contributed by atoms with van der Waals surface area (Å²) in [5.74, 6) is -0.974. The summed E-state index contributed by atoms with van der Waals surface area (Å²) in [6.07, 6.45) is 5.02. The first-order valence-corrected chi connectivity index (χ1v) is 9.96. The van der Waals surface area contributed by atoms with Crippen LogP contribution in [0.3, 0.4) is 0 Å². The number of hydrogen-bond acceptors (Lipinski definition) is 6. The molecule has 0 aromatic carbocycles. The zero-order valence-electron chi connectivity index (χ0n) is 16.0. The van der Waals surface area contributed by atoms with Gasteiger partial charge in [0.2, 0.25) is 5.91 Å². The van der Waals surface area contributed by atoms with Crippen LogP contribution in [0.1, 0.15) is 33.6 Å². The van der Waals surface area contributed by atoms with Crippen molar-refractivity contribution in [1.82, 2.24) is 18.7 Å². The standard InChI is InChI=1S/C18H20N6O4S/c1-22-15-13(17(27)23(2)18(22)28)24(8-20-15)7-11(25)21-16-12(14(19)26)9-5-3-4-6-10(9)29-16/h8H,3-7H2,1-2H3,(H2,19,26)(H,21,25). The quantitative estimate of drug-likeness (QED) is 0.623. The summed E-state index contributed by atoms with van der Waals surface area (Å²) in [6.45, 7) is -0.190. The van der Waals surface area contributed by atoms with E-state index in [4.69, 9.17) is 5.73 Å². The van der Waals surface area contributed by atoms with Crippen molar-refractivity contribution in [2.45, 2.75) is 32.2 Å². The lowest BCUT2D eigenvalue weighted by atomic mass is 9.95. The number of rotatable bonds is 4. The van der Waals surface area contributed by atoms with Gasteiger partial charge in [-0.2, -0.15) is 0 Å². The molecule has 0 saturated heterocycles. The molecule has 3 N–H and O–H groups in total. The maximum atomic E-state index is 12.7. The van der Waals surface area contributed by atoms with Gasteiger partial charge < -0.3 is 15.6 Å². The number of aryl methyl sites for hydroxylation is 2. The molecule has 3 heterocycles. The van der Waals surface area contributed by atoms with Gasteiger partial charge in [-0.05, 0) is 31.2 Å². The van der Waals surface area contributed by atoms with E-state index in [1.54, 1.807) is 0 Å². The third-order valence-electron chi connectivity index (χ3n) is 5.20. The van der Waals surface area contributed by atoms with Crippen LogP contribution in [0.2, 0.25) is 0 Å². The van der Waals surface area contributed by atoms with Crippen molar-refractivity contribution >= 4 is 39.3 Å². The molecule has 0 aliphatic heterocycles. The molecule has 11 heteroatoms. The summed E-state index contributed by atoms with van der Waals surface area (Å²) in [4.78, 5) is 54.3. The Bertz CT molecular complexity index is 1280. The highest BCUT2D eigenvalue weighted by Crippen LogP contribution is 2.37. The second kappa shape index (κ2) is 6.99. The minimum Gasteiger partial charge on any atom is -0.365 e. The smallest absolute Gasteiger partial charge is 0.332 e. The molecule has 0 saturated carbocycles. The van der Waals surface area contributed by atoms with Gasteiger partial charge >= 0.3 is 5.69 Å². The summed E-state index contributed by atoms with van der Waals surface area (Å²) in [7, 11) is 2.88. The highest BCUT2D eigenvalue weighted by Gasteiger charge is 2.25. The number of nitrogens with one attached hydrogen (secondary N) is 1. The van der Waals surface area contributed by atoms with Gasteiger partial charge in [0.1, 0.15) is 11.5 Å². The van der Waals surface area contributed by atoms with Crippen LogP contribution < -0.4 is 22.3 Å². The van der Waals surface area contributed by atoms with E-state index >= 15 is 0 Å². The van der Waals surface area contributed by atoms with Gasteiger partial charge in [-0.3, -0.25) is 23.5 Å². The van der Waals surface area contributed by atoms with Gasteiger partial charge in [-0.1, -0.05) is 0 Å². The molecule has 3 aromatic heterocycles. The Morgan fingerprint density at radius 1 is 1.21 bits per heavy atom. The van der Waals surface area contributed by atoms with Crippen LogP contribution in [0.5, 0.6) is 0 Å². The molecule has 2 amide bonds. The molecule has 1 aliphatic rings. The number of nitrogens with two attached hydrogens (primary N) is 1. The van der Waals surface area contributed by atoms with Crippen LogP contribution in [0, 0.1) is 0 Å². The van der Waals surface area contributed by atoms with E-state index in [0.717, 1.165) is 40.7 Å². The molecular formula is C18H20N6O4S. The largest absolute Gasteiger partial charge is 0.365 e. The number of thiophene rings is 1. The number of carbonyl (C=O) groups excluding carboxylic acids is 2. The Hall–Kier alpha value is -3.21. The Kier molecular flexibility index (Phi) is 4.61. The summed E-state index contributed by atoms with van der Waals surface area (Å²) in [5.41, 5.74) is 6.21. The lowest BCUT2D eigenvalue weighted by Crippen LogP contribution is -2.37. The molecule has 0 spiro atoms. The zero-order valence-corrected chi connectivity index (χ0v) is 16.8. The predicted octanol–water partition coefficient (Wildman–Crippen LogP) is 0.112. The molecule has 0 bridgehead atoms. The predicted molar refractivity (Wildman–Crippen MR) is 108 cm³/mol. The van der Waals surface area contributed by atoms with Gasteiger partial charge in [0.05, 0.1) is 11.9 Å². The topological polar surface area (TPSA) is 134 Å². The first-order valence-electron chi connectivity index (χ1n) is 9.14. The second-order valence-electron chi connectivity index (χ2n) is 7.08. The molecule has 0 radical (unpaired) electrons. The van der Waals surface area contributed by atoms with Gasteiger partial charge in [0, 0.05) is 19.0 Å². The fourth-order valence-corrected chi connectivity index (χ4v) is 5.06. The molecule has 0 atom stereocenters. The first kappa shape index (κ1) is 19.1. The number of imidazole rings is 1. The van der Waals surface area contributed by atoms with Crippen molar-refractivity contribution in [3.8, 4) is 0 Å². The van der Waals surface area contributed by atoms with Gasteiger partial charge in [-0.15, -0.1) is 11.3 Å². The fraction of sp³-hybridized carbons (Fsp3) is 0.389. The Morgan fingerprint density at radius 2 is 1.93 bits per heavy atom. The second-order valence-corrected chi connectivity index (χ2v) is 8.18.